The molecular weight excluding hydrogens is 312 g/mol. The maximum Gasteiger partial charge on any atom is 0.164 e. The van der Waals surface area contributed by atoms with Crippen molar-refractivity contribution in [3.63, 3.8) is 0 Å². The second-order valence-electron chi connectivity index (χ2n) is 5.05. The van der Waals surface area contributed by atoms with E-state index in [0.29, 0.717) is 45.1 Å². The zero-order chi connectivity index (χ0) is 17.3. The van der Waals surface area contributed by atoms with Crippen LogP contribution in [0.4, 0.5) is 0 Å². The molecule has 0 bridgehead atoms. The predicted octanol–water partition coefficient (Wildman–Crippen LogP) is 3.64. The highest BCUT2D eigenvalue weighted by Crippen LogP contribution is 2.42. The van der Waals surface area contributed by atoms with Gasteiger partial charge in [0.15, 0.2) is 17.8 Å². The van der Waals surface area contributed by atoms with Gasteiger partial charge in [-0.2, -0.15) is 0 Å². The van der Waals surface area contributed by atoms with Crippen LogP contribution in [0.3, 0.4) is 0 Å². The summed E-state index contributed by atoms with van der Waals surface area (Å²) in [4.78, 5) is 11.7. The van der Waals surface area contributed by atoms with Crippen LogP contribution < -0.4 is 14.2 Å². The summed E-state index contributed by atoms with van der Waals surface area (Å²) in [5.41, 5.74) is 1.42. The first-order chi connectivity index (χ1) is 11.6. The molecule has 0 spiro atoms. The Morgan fingerprint density at radius 2 is 1.62 bits per heavy atom. The average molecular weight is 328 g/mol. The Bertz CT molecular complexity index is 910. The number of hydrogen-bond donors (Lipinski definition) is 1. The first-order valence-corrected chi connectivity index (χ1v) is 7.14. The highest BCUT2D eigenvalue weighted by Gasteiger charge is 2.21. The smallest absolute Gasteiger partial charge is 0.164 e. The lowest BCUT2D eigenvalue weighted by atomic mass is 10.0. The van der Waals surface area contributed by atoms with E-state index in [1.807, 2.05) is 0 Å². The molecule has 124 valence electrons. The van der Waals surface area contributed by atoms with E-state index in [1.165, 1.54) is 33.5 Å². The van der Waals surface area contributed by atoms with Crippen molar-refractivity contribution in [1.29, 1.82) is 0 Å². The summed E-state index contributed by atoms with van der Waals surface area (Å²) < 4.78 is 21.7. The fraction of sp³-hybridized carbons (Fsp3) is 0.167. The minimum atomic E-state index is 0.0581. The fourth-order valence-corrected chi connectivity index (χ4v) is 2.63. The Morgan fingerprint density at radius 1 is 0.958 bits per heavy atom. The normalized spacial score (nSPS) is 10.6. The topological polar surface area (TPSA) is 78.1 Å². The number of carbonyl (C=O) groups is 1. The Morgan fingerprint density at radius 3 is 2.25 bits per heavy atom. The molecule has 3 rings (SSSR count). The Balaban J connectivity index is 2.31. The predicted molar refractivity (Wildman–Crippen MR) is 88.4 cm³/mol. The number of furan rings is 1. The van der Waals surface area contributed by atoms with Crippen molar-refractivity contribution in [2.24, 2.45) is 0 Å². The molecule has 0 aliphatic rings. The third kappa shape index (κ3) is 2.42. The molecule has 24 heavy (non-hydrogen) atoms. The number of ether oxygens (including phenoxy) is 3. The molecular formula is C18H16O6. The Kier molecular flexibility index (Phi) is 4.04. The molecule has 0 saturated heterocycles. The zero-order valence-corrected chi connectivity index (χ0v) is 13.5. The Labute approximate surface area is 138 Å². The number of aromatic hydroxyl groups is 1. The molecule has 0 aliphatic heterocycles. The van der Waals surface area contributed by atoms with E-state index in [-0.39, 0.29) is 5.75 Å². The molecule has 0 atom stereocenters. The van der Waals surface area contributed by atoms with E-state index < -0.39 is 0 Å². The Hall–Kier alpha value is -3.15. The van der Waals surface area contributed by atoms with Gasteiger partial charge in [-0.15, -0.1) is 0 Å². The maximum absolute atomic E-state index is 11.7. The number of phenols is 1. The number of rotatable bonds is 5. The van der Waals surface area contributed by atoms with E-state index in [0.717, 1.165) is 6.29 Å². The van der Waals surface area contributed by atoms with Crippen molar-refractivity contribution in [1.82, 2.24) is 0 Å². The summed E-state index contributed by atoms with van der Waals surface area (Å²) in [7, 11) is 4.53. The van der Waals surface area contributed by atoms with Crippen LogP contribution in [0.2, 0.25) is 0 Å². The summed E-state index contributed by atoms with van der Waals surface area (Å²) in [5, 5.41) is 10.2. The number of benzene rings is 2. The summed E-state index contributed by atoms with van der Waals surface area (Å²) in [6, 6.07) is 7.95. The molecule has 0 aliphatic carbocycles. The first-order valence-electron chi connectivity index (χ1n) is 7.14. The lowest BCUT2D eigenvalue weighted by molar-refractivity contribution is 0.112. The SMILES string of the molecule is COc1cc2oc(-c3ccc(O)cc3OC)c(C=O)c2cc1OC. The molecule has 6 nitrogen and oxygen atoms in total. The second kappa shape index (κ2) is 6.16. The third-order valence-corrected chi connectivity index (χ3v) is 3.78. The second-order valence-corrected chi connectivity index (χ2v) is 5.05. The number of fused-ring (bicyclic) bond motifs is 1. The fourth-order valence-electron chi connectivity index (χ4n) is 2.63. The quantitative estimate of drug-likeness (QED) is 0.720. The summed E-state index contributed by atoms with van der Waals surface area (Å²) in [5.74, 6) is 1.81. The number of carbonyl (C=O) groups excluding carboxylic acids is 1. The van der Waals surface area contributed by atoms with Gasteiger partial charge in [-0.25, -0.2) is 0 Å². The molecule has 0 amide bonds. The van der Waals surface area contributed by atoms with Crippen molar-refractivity contribution < 1.29 is 28.5 Å². The lowest BCUT2D eigenvalue weighted by Gasteiger charge is -2.07. The summed E-state index contributed by atoms with van der Waals surface area (Å²) in [6.07, 6.45) is 0.722. The zero-order valence-electron chi connectivity index (χ0n) is 13.5. The molecule has 1 aromatic heterocycles. The highest BCUT2D eigenvalue weighted by molar-refractivity contribution is 6.04. The van der Waals surface area contributed by atoms with E-state index in [4.69, 9.17) is 18.6 Å². The lowest BCUT2D eigenvalue weighted by Crippen LogP contribution is -1.91. The van der Waals surface area contributed by atoms with Gasteiger partial charge < -0.3 is 23.7 Å². The van der Waals surface area contributed by atoms with Crippen molar-refractivity contribution in [3.05, 3.63) is 35.9 Å². The van der Waals surface area contributed by atoms with Gasteiger partial charge in [0, 0.05) is 17.5 Å². The molecule has 0 unspecified atom stereocenters. The van der Waals surface area contributed by atoms with Crippen LogP contribution in [-0.2, 0) is 0 Å². The van der Waals surface area contributed by atoms with E-state index in [9.17, 15) is 9.90 Å². The minimum absolute atomic E-state index is 0.0581. The average Bonchev–Trinajstić information content (AvgIpc) is 2.97. The van der Waals surface area contributed by atoms with Crippen molar-refractivity contribution in [2.75, 3.05) is 21.3 Å². The number of aldehydes is 1. The monoisotopic (exact) mass is 328 g/mol. The van der Waals surface area contributed by atoms with Crippen molar-refractivity contribution in [3.8, 4) is 34.3 Å². The van der Waals surface area contributed by atoms with Gasteiger partial charge in [0.05, 0.1) is 32.5 Å². The highest BCUT2D eigenvalue weighted by atomic mass is 16.5. The molecule has 6 heteroatoms. The van der Waals surface area contributed by atoms with Crippen LogP contribution in [0, 0.1) is 0 Å². The minimum Gasteiger partial charge on any atom is -0.508 e. The van der Waals surface area contributed by atoms with E-state index >= 15 is 0 Å². The van der Waals surface area contributed by atoms with E-state index in [2.05, 4.69) is 0 Å². The van der Waals surface area contributed by atoms with Gasteiger partial charge in [0.25, 0.3) is 0 Å². The first kappa shape index (κ1) is 15.7. The van der Waals surface area contributed by atoms with Crippen LogP contribution in [0.1, 0.15) is 10.4 Å². The van der Waals surface area contributed by atoms with Crippen LogP contribution in [-0.4, -0.2) is 32.7 Å². The van der Waals surface area contributed by atoms with Crippen LogP contribution in [0.5, 0.6) is 23.0 Å². The molecule has 0 radical (unpaired) electrons. The maximum atomic E-state index is 11.7. The number of methoxy groups -OCH3 is 3. The molecule has 2 aromatic carbocycles. The van der Waals surface area contributed by atoms with Crippen molar-refractivity contribution in [2.45, 2.75) is 0 Å². The van der Waals surface area contributed by atoms with Gasteiger partial charge in [-0.1, -0.05) is 0 Å². The van der Waals surface area contributed by atoms with Crippen LogP contribution in [0.15, 0.2) is 34.7 Å². The van der Waals surface area contributed by atoms with Gasteiger partial charge in [-0.05, 0) is 18.2 Å². The molecule has 3 aromatic rings. The van der Waals surface area contributed by atoms with Gasteiger partial charge in [0.2, 0.25) is 0 Å². The number of hydrogen-bond acceptors (Lipinski definition) is 6. The van der Waals surface area contributed by atoms with Gasteiger partial charge >= 0.3 is 0 Å². The molecule has 1 N–H and O–H groups in total. The third-order valence-electron chi connectivity index (χ3n) is 3.78. The van der Waals surface area contributed by atoms with E-state index in [1.54, 1.807) is 18.2 Å². The molecule has 0 fully saturated rings. The van der Waals surface area contributed by atoms with Gasteiger partial charge in [-0.3, -0.25) is 4.79 Å². The molecule has 0 saturated carbocycles. The molecule has 1 heterocycles. The number of phenolic OH excluding ortho intramolecular Hbond substituents is 1. The van der Waals surface area contributed by atoms with Crippen molar-refractivity contribution >= 4 is 17.3 Å². The van der Waals surface area contributed by atoms with Crippen LogP contribution >= 0.6 is 0 Å². The van der Waals surface area contributed by atoms with Gasteiger partial charge in [0.1, 0.15) is 22.8 Å². The van der Waals surface area contributed by atoms with Crippen LogP contribution in [0.25, 0.3) is 22.3 Å². The largest absolute Gasteiger partial charge is 0.508 e. The standard InChI is InChI=1S/C18H16O6/c1-21-14-6-10(20)4-5-11(14)18-13(9-19)12-7-16(22-2)17(23-3)8-15(12)24-18/h4-9,20H,1-3H3. The summed E-state index contributed by atoms with van der Waals surface area (Å²) >= 11 is 0. The summed E-state index contributed by atoms with van der Waals surface area (Å²) in [6.45, 7) is 0.